The number of thiazole rings is 1. The van der Waals surface area contributed by atoms with E-state index in [9.17, 15) is 0 Å². The fraction of sp³-hybridized carbons (Fsp3) is 0.357. The summed E-state index contributed by atoms with van der Waals surface area (Å²) in [5, 5.41) is 1.04. The van der Waals surface area contributed by atoms with Gasteiger partial charge < -0.3 is 10.5 Å². The molecular formula is C14H18N2OS. The van der Waals surface area contributed by atoms with E-state index in [1.807, 2.05) is 13.8 Å². The van der Waals surface area contributed by atoms with Crippen molar-refractivity contribution in [3.8, 4) is 16.3 Å². The molecule has 0 atom stereocenters. The number of hydrogen-bond donors (Lipinski definition) is 1. The van der Waals surface area contributed by atoms with Gasteiger partial charge in [-0.3, -0.25) is 0 Å². The molecule has 1 aromatic heterocycles. The van der Waals surface area contributed by atoms with E-state index in [0.29, 0.717) is 6.54 Å². The maximum absolute atomic E-state index is 5.71. The first-order valence-electron chi connectivity index (χ1n) is 5.88. The van der Waals surface area contributed by atoms with Crippen LogP contribution in [0, 0.1) is 20.8 Å². The number of hydrogen-bond acceptors (Lipinski definition) is 4. The topological polar surface area (TPSA) is 48.1 Å². The normalized spacial score (nSPS) is 10.7. The minimum atomic E-state index is 0.553. The Hall–Kier alpha value is -1.39. The minimum absolute atomic E-state index is 0.553. The molecule has 0 amide bonds. The van der Waals surface area contributed by atoms with Crippen LogP contribution in [-0.2, 0) is 6.54 Å². The third-order valence-electron chi connectivity index (χ3n) is 3.05. The van der Waals surface area contributed by atoms with Crippen LogP contribution in [0.25, 0.3) is 10.6 Å². The predicted octanol–water partition coefficient (Wildman–Crippen LogP) is 3.20. The van der Waals surface area contributed by atoms with Crippen molar-refractivity contribution >= 4 is 11.3 Å². The number of benzene rings is 1. The standard InChI is InChI=1S/C14H18N2OS/c1-8-6-12(17-4)9(2)5-11(8)14-16-10(3)13(7-15)18-14/h5-6H,7,15H2,1-4H3. The first-order chi connectivity index (χ1) is 8.56. The second-order valence-corrected chi connectivity index (χ2v) is 5.45. The maximum Gasteiger partial charge on any atom is 0.124 e. The van der Waals surface area contributed by atoms with Crippen LogP contribution in [0.15, 0.2) is 12.1 Å². The average Bonchev–Trinajstić information content (AvgIpc) is 2.72. The molecule has 4 heteroatoms. The van der Waals surface area contributed by atoms with Crippen LogP contribution in [0.2, 0.25) is 0 Å². The number of methoxy groups -OCH3 is 1. The second kappa shape index (κ2) is 5.08. The molecule has 96 valence electrons. The number of aryl methyl sites for hydroxylation is 3. The van der Waals surface area contributed by atoms with E-state index in [0.717, 1.165) is 26.9 Å². The van der Waals surface area contributed by atoms with E-state index in [4.69, 9.17) is 10.5 Å². The number of ether oxygens (including phenoxy) is 1. The van der Waals surface area contributed by atoms with Gasteiger partial charge in [0.2, 0.25) is 0 Å². The maximum atomic E-state index is 5.71. The van der Waals surface area contributed by atoms with Crippen LogP contribution in [0.3, 0.4) is 0 Å². The minimum Gasteiger partial charge on any atom is -0.496 e. The average molecular weight is 262 g/mol. The lowest BCUT2D eigenvalue weighted by atomic mass is 10.1. The molecule has 0 spiro atoms. The summed E-state index contributed by atoms with van der Waals surface area (Å²) in [4.78, 5) is 5.76. The highest BCUT2D eigenvalue weighted by Gasteiger charge is 2.12. The van der Waals surface area contributed by atoms with Crippen LogP contribution in [-0.4, -0.2) is 12.1 Å². The molecule has 18 heavy (non-hydrogen) atoms. The zero-order chi connectivity index (χ0) is 13.3. The van der Waals surface area contributed by atoms with Gasteiger partial charge in [-0.25, -0.2) is 4.98 Å². The molecule has 2 N–H and O–H groups in total. The molecule has 2 rings (SSSR count). The Morgan fingerprint density at radius 1 is 1.22 bits per heavy atom. The molecule has 0 radical (unpaired) electrons. The van der Waals surface area contributed by atoms with Gasteiger partial charge in [0.15, 0.2) is 0 Å². The van der Waals surface area contributed by atoms with Crippen molar-refractivity contribution in [2.75, 3.05) is 7.11 Å². The molecule has 0 aliphatic rings. The fourth-order valence-corrected chi connectivity index (χ4v) is 3.00. The number of rotatable bonds is 3. The molecule has 2 aromatic rings. The first kappa shape index (κ1) is 13.1. The number of nitrogens with two attached hydrogens (primary N) is 1. The van der Waals surface area contributed by atoms with Gasteiger partial charge in [-0.1, -0.05) is 0 Å². The van der Waals surface area contributed by atoms with Gasteiger partial charge in [-0.15, -0.1) is 11.3 Å². The molecule has 0 fully saturated rings. The SMILES string of the molecule is COc1cc(C)c(-c2nc(C)c(CN)s2)cc1C. The summed E-state index contributed by atoms with van der Waals surface area (Å²) in [6, 6.07) is 4.19. The van der Waals surface area contributed by atoms with Gasteiger partial charge in [0, 0.05) is 17.0 Å². The Kier molecular flexibility index (Phi) is 3.68. The molecule has 0 aliphatic carbocycles. The molecule has 0 unspecified atom stereocenters. The Morgan fingerprint density at radius 2 is 1.94 bits per heavy atom. The summed E-state index contributed by atoms with van der Waals surface area (Å²) >= 11 is 1.67. The monoisotopic (exact) mass is 262 g/mol. The van der Waals surface area contributed by atoms with Gasteiger partial charge in [0.25, 0.3) is 0 Å². The van der Waals surface area contributed by atoms with Crippen LogP contribution >= 0.6 is 11.3 Å². The number of aromatic nitrogens is 1. The second-order valence-electron chi connectivity index (χ2n) is 4.37. The molecule has 1 aromatic carbocycles. The Balaban J connectivity index is 2.53. The van der Waals surface area contributed by atoms with E-state index in [1.54, 1.807) is 18.4 Å². The van der Waals surface area contributed by atoms with Crippen molar-refractivity contribution in [1.82, 2.24) is 4.98 Å². The molecule has 0 bridgehead atoms. The quantitative estimate of drug-likeness (QED) is 0.924. The van der Waals surface area contributed by atoms with Crippen LogP contribution < -0.4 is 10.5 Å². The highest BCUT2D eigenvalue weighted by molar-refractivity contribution is 7.15. The van der Waals surface area contributed by atoms with Gasteiger partial charge >= 0.3 is 0 Å². The van der Waals surface area contributed by atoms with E-state index in [-0.39, 0.29) is 0 Å². The molecular weight excluding hydrogens is 244 g/mol. The highest BCUT2D eigenvalue weighted by atomic mass is 32.1. The summed E-state index contributed by atoms with van der Waals surface area (Å²) in [5.74, 6) is 0.920. The Bertz CT molecular complexity index is 575. The number of nitrogens with zero attached hydrogens (tertiary/aromatic N) is 1. The van der Waals surface area contributed by atoms with E-state index in [2.05, 4.69) is 24.0 Å². The first-order valence-corrected chi connectivity index (χ1v) is 6.70. The summed E-state index contributed by atoms with van der Waals surface area (Å²) < 4.78 is 5.33. The zero-order valence-electron chi connectivity index (χ0n) is 11.2. The molecule has 0 saturated heterocycles. The lowest BCUT2D eigenvalue weighted by molar-refractivity contribution is 0.411. The van der Waals surface area contributed by atoms with Crippen molar-refractivity contribution in [3.63, 3.8) is 0 Å². The summed E-state index contributed by atoms with van der Waals surface area (Å²) in [6.07, 6.45) is 0. The smallest absolute Gasteiger partial charge is 0.124 e. The van der Waals surface area contributed by atoms with Crippen molar-refractivity contribution in [2.45, 2.75) is 27.3 Å². The van der Waals surface area contributed by atoms with E-state index in [1.165, 1.54) is 11.1 Å². The van der Waals surface area contributed by atoms with Crippen molar-refractivity contribution in [3.05, 3.63) is 33.8 Å². The summed E-state index contributed by atoms with van der Waals surface area (Å²) in [6.45, 7) is 6.69. The largest absolute Gasteiger partial charge is 0.496 e. The predicted molar refractivity (Wildman–Crippen MR) is 76.2 cm³/mol. The molecule has 3 nitrogen and oxygen atoms in total. The summed E-state index contributed by atoms with van der Waals surface area (Å²) in [7, 11) is 1.70. The van der Waals surface area contributed by atoms with Crippen LogP contribution in [0.1, 0.15) is 21.7 Å². The Morgan fingerprint density at radius 3 is 2.50 bits per heavy atom. The van der Waals surface area contributed by atoms with Gasteiger partial charge in [-0.2, -0.15) is 0 Å². The summed E-state index contributed by atoms with van der Waals surface area (Å²) in [5.41, 5.74) is 10.2. The third kappa shape index (κ3) is 2.26. The van der Waals surface area contributed by atoms with Gasteiger partial charge in [0.1, 0.15) is 10.8 Å². The Labute approximate surface area is 112 Å². The molecule has 0 aliphatic heterocycles. The van der Waals surface area contributed by atoms with Gasteiger partial charge in [-0.05, 0) is 44.0 Å². The van der Waals surface area contributed by atoms with Gasteiger partial charge in [0.05, 0.1) is 12.8 Å². The highest BCUT2D eigenvalue weighted by Crippen LogP contribution is 2.33. The lowest BCUT2D eigenvalue weighted by Gasteiger charge is -2.09. The van der Waals surface area contributed by atoms with Crippen LogP contribution in [0.4, 0.5) is 0 Å². The van der Waals surface area contributed by atoms with Crippen molar-refractivity contribution in [2.24, 2.45) is 5.73 Å². The fourth-order valence-electron chi connectivity index (χ4n) is 1.97. The zero-order valence-corrected chi connectivity index (χ0v) is 12.0. The van der Waals surface area contributed by atoms with E-state index < -0.39 is 0 Å². The lowest BCUT2D eigenvalue weighted by Crippen LogP contribution is -1.94. The van der Waals surface area contributed by atoms with Crippen LogP contribution in [0.5, 0.6) is 5.75 Å². The van der Waals surface area contributed by atoms with Crippen molar-refractivity contribution in [1.29, 1.82) is 0 Å². The third-order valence-corrected chi connectivity index (χ3v) is 4.26. The molecule has 1 heterocycles. The van der Waals surface area contributed by atoms with E-state index >= 15 is 0 Å². The molecule has 0 saturated carbocycles. The van der Waals surface area contributed by atoms with Crippen molar-refractivity contribution < 1.29 is 4.74 Å².